The Balaban J connectivity index is 1.10. The van der Waals surface area contributed by atoms with Crippen molar-refractivity contribution >= 4 is 24.1 Å². The second-order valence-electron chi connectivity index (χ2n) is 11.8. The molecule has 41 heavy (non-hydrogen) atoms. The summed E-state index contributed by atoms with van der Waals surface area (Å²) >= 11 is 0. The summed E-state index contributed by atoms with van der Waals surface area (Å²) < 4.78 is 17.9. The Labute approximate surface area is 241 Å². The topological polar surface area (TPSA) is 113 Å². The van der Waals surface area contributed by atoms with Crippen molar-refractivity contribution in [1.29, 1.82) is 0 Å². The molecule has 1 amide bonds. The number of carbonyl (C=O) groups excluding carboxylic acids is 1. The standard InChI is InChI=1S/C32H39N5O4/c1-21-7-5-6-8-27(21)28-18-23(30(33)36-35-28)10-9-22-11-14-34-29(17-22)40-26-19-25(20-26)39-24-12-15-37(16-13-24)31(38)41-32(2,3)4/h5-11,14,17-18,24-26H,12-13,15-16,19-20H2,1-4H3,(H2,33,36)/b10-9+. The fourth-order valence-electron chi connectivity index (χ4n) is 4.99. The zero-order chi connectivity index (χ0) is 29.0. The third kappa shape index (κ3) is 7.61. The Morgan fingerprint density at radius 3 is 2.49 bits per heavy atom. The van der Waals surface area contributed by atoms with E-state index in [9.17, 15) is 4.79 Å². The number of likely N-dealkylation sites (tertiary alicyclic amines) is 1. The molecule has 1 aliphatic heterocycles. The number of ether oxygens (including phenoxy) is 3. The SMILES string of the molecule is Cc1ccccc1-c1cc(/C=C/c2ccnc(OC3CC(OC4CCN(C(=O)OC(C)(C)C)CC4)C3)c2)c(N)nn1. The molecule has 1 saturated heterocycles. The van der Waals surface area contributed by atoms with E-state index in [0.717, 1.165) is 53.6 Å². The summed E-state index contributed by atoms with van der Waals surface area (Å²) in [6, 6.07) is 13.9. The highest BCUT2D eigenvalue weighted by atomic mass is 16.6. The first-order chi connectivity index (χ1) is 19.6. The molecule has 3 aromatic rings. The Hall–Kier alpha value is -3.98. The molecule has 1 aromatic carbocycles. The molecule has 9 heteroatoms. The fourth-order valence-corrected chi connectivity index (χ4v) is 4.99. The lowest BCUT2D eigenvalue weighted by atomic mass is 9.91. The van der Waals surface area contributed by atoms with Gasteiger partial charge in [-0.2, -0.15) is 0 Å². The molecular formula is C32H39N5O4. The third-order valence-electron chi connectivity index (χ3n) is 7.31. The Kier molecular flexibility index (Phi) is 8.54. The van der Waals surface area contributed by atoms with Crippen molar-refractivity contribution in [2.24, 2.45) is 0 Å². The van der Waals surface area contributed by atoms with Crippen molar-refractivity contribution in [2.75, 3.05) is 18.8 Å². The van der Waals surface area contributed by atoms with Crippen molar-refractivity contribution in [3.05, 3.63) is 65.4 Å². The third-order valence-corrected chi connectivity index (χ3v) is 7.31. The van der Waals surface area contributed by atoms with E-state index in [-0.39, 0.29) is 24.4 Å². The van der Waals surface area contributed by atoms with Crippen LogP contribution in [0.5, 0.6) is 5.88 Å². The van der Waals surface area contributed by atoms with Crippen LogP contribution in [0.2, 0.25) is 0 Å². The molecular weight excluding hydrogens is 518 g/mol. The van der Waals surface area contributed by atoms with Crippen molar-refractivity contribution in [1.82, 2.24) is 20.1 Å². The van der Waals surface area contributed by atoms with Crippen LogP contribution in [0, 0.1) is 6.92 Å². The summed E-state index contributed by atoms with van der Waals surface area (Å²) in [5.74, 6) is 0.961. The van der Waals surface area contributed by atoms with E-state index in [1.807, 2.05) is 69.3 Å². The molecule has 2 fully saturated rings. The number of nitrogen functional groups attached to an aromatic ring is 1. The molecule has 0 atom stereocenters. The molecule has 3 heterocycles. The van der Waals surface area contributed by atoms with Gasteiger partial charge in [-0.25, -0.2) is 9.78 Å². The number of rotatable bonds is 7. The number of piperidine rings is 1. The number of nitrogens with two attached hydrogens (primary N) is 1. The van der Waals surface area contributed by atoms with E-state index in [0.29, 0.717) is 24.8 Å². The summed E-state index contributed by atoms with van der Waals surface area (Å²) in [7, 11) is 0. The number of aryl methyl sites for hydroxylation is 1. The average molecular weight is 558 g/mol. The zero-order valence-corrected chi connectivity index (χ0v) is 24.2. The number of nitrogens with zero attached hydrogens (tertiary/aromatic N) is 4. The lowest BCUT2D eigenvalue weighted by Crippen LogP contribution is -2.46. The molecule has 5 rings (SSSR count). The molecule has 216 valence electrons. The predicted octanol–water partition coefficient (Wildman–Crippen LogP) is 5.93. The second-order valence-corrected chi connectivity index (χ2v) is 11.8. The van der Waals surface area contributed by atoms with Crippen LogP contribution in [0.4, 0.5) is 10.6 Å². The van der Waals surface area contributed by atoms with Crippen LogP contribution in [-0.2, 0) is 9.47 Å². The van der Waals surface area contributed by atoms with E-state index in [1.165, 1.54) is 0 Å². The van der Waals surface area contributed by atoms with Crippen LogP contribution in [0.3, 0.4) is 0 Å². The van der Waals surface area contributed by atoms with Crippen LogP contribution in [-0.4, -0.2) is 63.2 Å². The summed E-state index contributed by atoms with van der Waals surface area (Å²) in [5.41, 5.74) is 10.3. The Morgan fingerprint density at radius 2 is 1.76 bits per heavy atom. The van der Waals surface area contributed by atoms with Gasteiger partial charge in [0.15, 0.2) is 5.82 Å². The van der Waals surface area contributed by atoms with Gasteiger partial charge in [0.05, 0.1) is 17.9 Å². The van der Waals surface area contributed by atoms with Gasteiger partial charge in [-0.3, -0.25) is 0 Å². The zero-order valence-electron chi connectivity index (χ0n) is 24.2. The van der Waals surface area contributed by atoms with Crippen molar-refractivity contribution in [2.45, 2.75) is 77.3 Å². The number of amides is 1. The van der Waals surface area contributed by atoms with Gasteiger partial charge in [0.1, 0.15) is 11.7 Å². The highest BCUT2D eigenvalue weighted by Crippen LogP contribution is 2.31. The lowest BCUT2D eigenvalue weighted by Gasteiger charge is -2.39. The molecule has 2 aromatic heterocycles. The molecule has 1 aliphatic carbocycles. The summed E-state index contributed by atoms with van der Waals surface area (Å²) in [4.78, 5) is 18.4. The summed E-state index contributed by atoms with van der Waals surface area (Å²) in [6.07, 6.45) is 9.11. The summed E-state index contributed by atoms with van der Waals surface area (Å²) in [6.45, 7) is 9.02. The van der Waals surface area contributed by atoms with Gasteiger partial charge >= 0.3 is 6.09 Å². The van der Waals surface area contributed by atoms with E-state index in [2.05, 4.69) is 28.2 Å². The second kappa shape index (κ2) is 12.3. The monoisotopic (exact) mass is 557 g/mol. The Bertz CT molecular complexity index is 1390. The molecule has 2 N–H and O–H groups in total. The highest BCUT2D eigenvalue weighted by molar-refractivity contribution is 5.77. The van der Waals surface area contributed by atoms with Crippen molar-refractivity contribution in [3.8, 4) is 17.1 Å². The van der Waals surface area contributed by atoms with Gasteiger partial charge < -0.3 is 24.8 Å². The van der Waals surface area contributed by atoms with Gasteiger partial charge in [-0.1, -0.05) is 36.4 Å². The number of carbonyl (C=O) groups is 1. The highest BCUT2D eigenvalue weighted by Gasteiger charge is 2.35. The van der Waals surface area contributed by atoms with Crippen LogP contribution in [0.15, 0.2) is 48.7 Å². The number of hydrogen-bond donors (Lipinski definition) is 1. The van der Waals surface area contributed by atoms with E-state index in [1.54, 1.807) is 11.1 Å². The minimum atomic E-state index is -0.479. The van der Waals surface area contributed by atoms with Gasteiger partial charge in [0.2, 0.25) is 5.88 Å². The first-order valence-corrected chi connectivity index (χ1v) is 14.3. The van der Waals surface area contributed by atoms with Gasteiger partial charge in [-0.15, -0.1) is 10.2 Å². The van der Waals surface area contributed by atoms with Crippen LogP contribution in [0.25, 0.3) is 23.4 Å². The van der Waals surface area contributed by atoms with Gasteiger partial charge in [-0.05, 0) is 63.8 Å². The molecule has 9 nitrogen and oxygen atoms in total. The maximum absolute atomic E-state index is 12.3. The number of benzene rings is 1. The predicted molar refractivity (Wildman–Crippen MR) is 159 cm³/mol. The molecule has 0 radical (unpaired) electrons. The minimum absolute atomic E-state index is 0.0743. The smallest absolute Gasteiger partial charge is 0.410 e. The number of pyridine rings is 1. The molecule has 0 spiro atoms. The van der Waals surface area contributed by atoms with E-state index < -0.39 is 5.60 Å². The first kappa shape index (κ1) is 28.5. The van der Waals surface area contributed by atoms with E-state index in [4.69, 9.17) is 19.9 Å². The first-order valence-electron chi connectivity index (χ1n) is 14.3. The summed E-state index contributed by atoms with van der Waals surface area (Å²) in [5, 5.41) is 8.44. The maximum atomic E-state index is 12.3. The molecule has 1 saturated carbocycles. The normalized spacial score (nSPS) is 19.7. The van der Waals surface area contributed by atoms with E-state index >= 15 is 0 Å². The molecule has 2 aliphatic rings. The molecule has 0 unspecified atom stereocenters. The minimum Gasteiger partial charge on any atom is -0.474 e. The number of hydrogen-bond acceptors (Lipinski definition) is 8. The Morgan fingerprint density at radius 1 is 1.00 bits per heavy atom. The maximum Gasteiger partial charge on any atom is 0.410 e. The molecule has 0 bridgehead atoms. The van der Waals surface area contributed by atoms with Crippen LogP contribution in [0.1, 0.15) is 63.1 Å². The van der Waals surface area contributed by atoms with Crippen molar-refractivity contribution in [3.63, 3.8) is 0 Å². The van der Waals surface area contributed by atoms with Gasteiger partial charge in [0.25, 0.3) is 0 Å². The lowest BCUT2D eigenvalue weighted by molar-refractivity contribution is -0.110. The number of anilines is 1. The quantitative estimate of drug-likeness (QED) is 0.381. The van der Waals surface area contributed by atoms with Gasteiger partial charge in [0, 0.05) is 49.3 Å². The van der Waals surface area contributed by atoms with Crippen LogP contribution < -0.4 is 10.5 Å². The number of aromatic nitrogens is 3. The fraction of sp³-hybridized carbons (Fsp3) is 0.438. The average Bonchev–Trinajstić information content (AvgIpc) is 2.91. The van der Waals surface area contributed by atoms with Crippen LogP contribution >= 0.6 is 0 Å². The van der Waals surface area contributed by atoms with Crippen molar-refractivity contribution < 1.29 is 19.0 Å². The largest absolute Gasteiger partial charge is 0.474 e.